The van der Waals surface area contributed by atoms with Crippen molar-refractivity contribution in [2.45, 2.75) is 13.0 Å². The van der Waals surface area contributed by atoms with Gasteiger partial charge in [-0.25, -0.2) is 4.98 Å². The number of rotatable bonds is 1. The summed E-state index contributed by atoms with van der Waals surface area (Å²) in [5, 5.41) is 0. The molecule has 92 valence electrons. The van der Waals surface area contributed by atoms with Gasteiger partial charge >= 0.3 is 0 Å². The topological polar surface area (TPSA) is 37.9 Å². The Morgan fingerprint density at radius 1 is 1.39 bits per heavy atom. The van der Waals surface area contributed by atoms with E-state index in [-0.39, 0.29) is 0 Å². The first-order valence-electron chi connectivity index (χ1n) is 5.70. The highest BCUT2D eigenvalue weighted by Gasteiger charge is 2.14. The lowest BCUT2D eigenvalue weighted by Gasteiger charge is -2.17. The molecule has 3 nitrogen and oxygen atoms in total. The van der Waals surface area contributed by atoms with Crippen molar-refractivity contribution in [3.63, 3.8) is 0 Å². The summed E-state index contributed by atoms with van der Waals surface area (Å²) in [4.78, 5) is 7.83. The fraction of sp³-hybridized carbons (Fsp3) is 0.231. The Bertz CT molecular complexity index is 654. The van der Waals surface area contributed by atoms with Crippen molar-refractivity contribution in [1.82, 2.24) is 9.97 Å². The van der Waals surface area contributed by atoms with Gasteiger partial charge < -0.3 is 9.72 Å². The minimum absolute atomic E-state index is 0.566. The number of nitrogens with one attached hydrogen (secondary N) is 1. The molecular formula is C13H11BrN2OS. The number of hydrogen-bond donors (Lipinski definition) is 1. The number of nitrogens with zero attached hydrogens (tertiary/aromatic N) is 1. The smallest absolute Gasteiger partial charge is 0.139 e. The highest BCUT2D eigenvalue weighted by Crippen LogP contribution is 2.23. The standard InChI is InChI=1S/C13H11BrN2OS/c14-9-3-1-2-8(6-9)12-15-11-4-5-17-7-10(11)13(18)16-12/h1-3,6H,4-5,7H2,(H,15,16,18). The van der Waals surface area contributed by atoms with E-state index in [4.69, 9.17) is 17.0 Å². The highest BCUT2D eigenvalue weighted by atomic mass is 79.9. The molecule has 0 unspecified atom stereocenters. The molecule has 18 heavy (non-hydrogen) atoms. The number of aromatic nitrogens is 2. The molecular weight excluding hydrogens is 312 g/mol. The van der Waals surface area contributed by atoms with E-state index in [1.807, 2.05) is 24.3 Å². The fourth-order valence-corrected chi connectivity index (χ4v) is 2.70. The molecule has 0 radical (unpaired) electrons. The third kappa shape index (κ3) is 2.25. The Hall–Kier alpha value is -1.04. The van der Waals surface area contributed by atoms with Crippen molar-refractivity contribution >= 4 is 28.1 Å². The Morgan fingerprint density at radius 2 is 2.28 bits per heavy atom. The van der Waals surface area contributed by atoms with Crippen molar-refractivity contribution in [1.29, 1.82) is 0 Å². The molecule has 1 aromatic carbocycles. The number of fused-ring (bicyclic) bond motifs is 1. The van der Waals surface area contributed by atoms with Gasteiger partial charge in [0.1, 0.15) is 10.5 Å². The lowest BCUT2D eigenvalue weighted by molar-refractivity contribution is 0.108. The summed E-state index contributed by atoms with van der Waals surface area (Å²) >= 11 is 8.80. The summed E-state index contributed by atoms with van der Waals surface area (Å²) < 4.78 is 7.07. The second-order valence-electron chi connectivity index (χ2n) is 4.16. The summed E-state index contributed by atoms with van der Waals surface area (Å²) in [5.41, 5.74) is 3.20. The molecule has 2 heterocycles. The fourth-order valence-electron chi connectivity index (χ4n) is 2.03. The summed E-state index contributed by atoms with van der Waals surface area (Å²) in [6, 6.07) is 8.02. The van der Waals surface area contributed by atoms with E-state index in [1.54, 1.807) is 0 Å². The average Bonchev–Trinajstić information content (AvgIpc) is 2.39. The van der Waals surface area contributed by atoms with Crippen molar-refractivity contribution in [2.24, 2.45) is 0 Å². The Balaban J connectivity index is 2.14. The van der Waals surface area contributed by atoms with E-state index in [1.165, 1.54) is 0 Å². The van der Waals surface area contributed by atoms with Crippen LogP contribution in [0.3, 0.4) is 0 Å². The molecule has 0 amide bonds. The minimum atomic E-state index is 0.566. The van der Waals surface area contributed by atoms with Gasteiger partial charge in [-0.15, -0.1) is 0 Å². The molecule has 1 aliphatic heterocycles. The second kappa shape index (κ2) is 4.91. The Kier molecular flexibility index (Phi) is 3.28. The van der Waals surface area contributed by atoms with Crippen LogP contribution in [-0.2, 0) is 17.8 Å². The van der Waals surface area contributed by atoms with Gasteiger partial charge in [0, 0.05) is 27.7 Å². The van der Waals surface area contributed by atoms with Crippen LogP contribution in [0.2, 0.25) is 0 Å². The van der Waals surface area contributed by atoms with Crippen LogP contribution in [0.25, 0.3) is 11.4 Å². The maximum absolute atomic E-state index is 5.41. The van der Waals surface area contributed by atoms with Gasteiger partial charge in [-0.2, -0.15) is 0 Å². The molecule has 1 aromatic heterocycles. The van der Waals surface area contributed by atoms with E-state index in [0.717, 1.165) is 40.1 Å². The van der Waals surface area contributed by atoms with Crippen LogP contribution in [-0.4, -0.2) is 16.6 Å². The van der Waals surface area contributed by atoms with E-state index in [2.05, 4.69) is 25.9 Å². The predicted molar refractivity (Wildman–Crippen MR) is 75.9 cm³/mol. The van der Waals surface area contributed by atoms with Gasteiger partial charge in [-0.1, -0.05) is 40.3 Å². The van der Waals surface area contributed by atoms with Gasteiger partial charge in [0.25, 0.3) is 0 Å². The lowest BCUT2D eigenvalue weighted by Crippen LogP contribution is -2.14. The number of aromatic amines is 1. The molecule has 0 aliphatic carbocycles. The van der Waals surface area contributed by atoms with Crippen molar-refractivity contribution in [3.05, 3.63) is 44.6 Å². The summed E-state index contributed by atoms with van der Waals surface area (Å²) in [7, 11) is 0. The summed E-state index contributed by atoms with van der Waals surface area (Å²) in [6.07, 6.45) is 0.864. The molecule has 0 bridgehead atoms. The first-order chi connectivity index (χ1) is 8.74. The van der Waals surface area contributed by atoms with Crippen LogP contribution in [0.4, 0.5) is 0 Å². The second-order valence-corrected chi connectivity index (χ2v) is 5.46. The van der Waals surface area contributed by atoms with Crippen LogP contribution >= 0.6 is 28.1 Å². The van der Waals surface area contributed by atoms with Crippen LogP contribution < -0.4 is 0 Å². The number of ether oxygens (including phenoxy) is 1. The zero-order chi connectivity index (χ0) is 12.5. The molecule has 0 saturated heterocycles. The molecule has 5 heteroatoms. The van der Waals surface area contributed by atoms with Crippen LogP contribution in [0.1, 0.15) is 11.3 Å². The Labute approximate surface area is 118 Å². The quantitative estimate of drug-likeness (QED) is 0.814. The normalized spacial score (nSPS) is 14.3. The molecule has 0 atom stereocenters. The molecule has 1 aliphatic rings. The van der Waals surface area contributed by atoms with E-state index in [9.17, 15) is 0 Å². The monoisotopic (exact) mass is 322 g/mol. The largest absolute Gasteiger partial charge is 0.376 e. The van der Waals surface area contributed by atoms with Crippen molar-refractivity contribution < 1.29 is 4.74 Å². The van der Waals surface area contributed by atoms with Crippen molar-refractivity contribution in [3.8, 4) is 11.4 Å². The number of H-pyrrole nitrogens is 1. The van der Waals surface area contributed by atoms with Gasteiger partial charge in [0.2, 0.25) is 0 Å². The maximum atomic E-state index is 5.41. The summed E-state index contributed by atoms with van der Waals surface area (Å²) in [6.45, 7) is 1.30. The number of benzene rings is 1. The van der Waals surface area contributed by atoms with Gasteiger partial charge in [-0.05, 0) is 12.1 Å². The lowest BCUT2D eigenvalue weighted by atomic mass is 10.1. The molecule has 3 rings (SSSR count). The molecule has 0 saturated carbocycles. The van der Waals surface area contributed by atoms with E-state index >= 15 is 0 Å². The number of halogens is 1. The summed E-state index contributed by atoms with van der Waals surface area (Å²) in [5.74, 6) is 0.821. The number of hydrogen-bond acceptors (Lipinski definition) is 3. The van der Waals surface area contributed by atoms with Crippen molar-refractivity contribution in [2.75, 3.05) is 6.61 Å². The zero-order valence-corrected chi connectivity index (χ0v) is 12.0. The van der Waals surface area contributed by atoms with Crippen LogP contribution in [0.5, 0.6) is 0 Å². The maximum Gasteiger partial charge on any atom is 0.139 e. The third-order valence-electron chi connectivity index (χ3n) is 2.95. The SMILES string of the molecule is S=c1nc(-c2cccc(Br)c2)[nH]c2c1COCC2. The predicted octanol–water partition coefficient (Wildman–Crippen LogP) is 3.64. The van der Waals surface area contributed by atoms with Crippen LogP contribution in [0.15, 0.2) is 28.7 Å². The van der Waals surface area contributed by atoms with Gasteiger partial charge in [-0.3, -0.25) is 0 Å². The molecule has 0 fully saturated rings. The van der Waals surface area contributed by atoms with E-state index < -0.39 is 0 Å². The Morgan fingerprint density at radius 3 is 3.11 bits per heavy atom. The van der Waals surface area contributed by atoms with Gasteiger partial charge in [0.15, 0.2) is 0 Å². The van der Waals surface area contributed by atoms with Crippen LogP contribution in [0, 0.1) is 4.64 Å². The first-order valence-corrected chi connectivity index (χ1v) is 6.90. The molecule has 2 aromatic rings. The third-order valence-corrected chi connectivity index (χ3v) is 3.78. The molecule has 1 N–H and O–H groups in total. The van der Waals surface area contributed by atoms with Gasteiger partial charge in [0.05, 0.1) is 13.2 Å². The first kappa shape index (κ1) is 12.0. The zero-order valence-electron chi connectivity index (χ0n) is 9.57. The minimum Gasteiger partial charge on any atom is -0.376 e. The highest BCUT2D eigenvalue weighted by molar-refractivity contribution is 9.10. The average molecular weight is 323 g/mol. The van der Waals surface area contributed by atoms with E-state index in [0.29, 0.717) is 11.2 Å². The molecule has 0 spiro atoms.